The molecule has 0 saturated heterocycles. The van der Waals surface area contributed by atoms with Crippen LogP contribution in [0.1, 0.15) is 233 Å². The zero-order valence-corrected chi connectivity index (χ0v) is 43.8. The zero-order valence-electron chi connectivity index (χ0n) is 43.8. The summed E-state index contributed by atoms with van der Waals surface area (Å²) in [5, 5.41) is 0. The van der Waals surface area contributed by atoms with Crippen LogP contribution in [0.2, 0.25) is 0 Å². The molecule has 0 aliphatic rings. The average Bonchev–Trinajstić information content (AvgIpc) is 3.34. The lowest BCUT2D eigenvalue weighted by atomic mass is 10.0. The maximum Gasteiger partial charge on any atom is 0.306 e. The van der Waals surface area contributed by atoms with E-state index in [0.29, 0.717) is 12.8 Å². The fourth-order valence-corrected chi connectivity index (χ4v) is 7.33. The van der Waals surface area contributed by atoms with E-state index in [1.165, 1.54) is 109 Å². The molecule has 0 aromatic rings. The molecule has 68 heavy (non-hydrogen) atoms. The van der Waals surface area contributed by atoms with Crippen molar-refractivity contribution in [1.29, 1.82) is 0 Å². The Balaban J connectivity index is 4.49. The van der Waals surface area contributed by atoms with Gasteiger partial charge in [-0.15, -0.1) is 0 Å². The Morgan fingerprint density at radius 1 is 0.309 bits per heavy atom. The minimum absolute atomic E-state index is 0.113. The molecule has 1 atom stereocenters. The second kappa shape index (κ2) is 55.4. The van der Waals surface area contributed by atoms with Crippen molar-refractivity contribution in [3.63, 3.8) is 0 Å². The Labute approximate surface area is 418 Å². The van der Waals surface area contributed by atoms with E-state index in [-0.39, 0.29) is 44.0 Å². The van der Waals surface area contributed by atoms with E-state index >= 15 is 0 Å². The van der Waals surface area contributed by atoms with Crippen LogP contribution in [0.3, 0.4) is 0 Å². The van der Waals surface area contributed by atoms with Gasteiger partial charge in [0.15, 0.2) is 6.10 Å². The fourth-order valence-electron chi connectivity index (χ4n) is 7.33. The molecule has 6 nitrogen and oxygen atoms in total. The summed E-state index contributed by atoms with van der Waals surface area (Å²) in [6.07, 6.45) is 76.2. The van der Waals surface area contributed by atoms with Gasteiger partial charge in [-0.1, -0.05) is 284 Å². The van der Waals surface area contributed by atoms with Gasteiger partial charge >= 0.3 is 17.9 Å². The fraction of sp³-hybridized carbons (Fsp3) is 0.629. The third kappa shape index (κ3) is 52.8. The molecule has 0 bridgehead atoms. The van der Waals surface area contributed by atoms with Crippen molar-refractivity contribution in [2.24, 2.45) is 0 Å². The molecular formula is C62H100O6. The number of esters is 3. The second-order valence-corrected chi connectivity index (χ2v) is 18.0. The Hall–Kier alpha value is -4.19. The van der Waals surface area contributed by atoms with E-state index in [0.717, 1.165) is 77.0 Å². The highest BCUT2D eigenvalue weighted by Gasteiger charge is 2.19. The Kier molecular flexibility index (Phi) is 52.0. The van der Waals surface area contributed by atoms with Gasteiger partial charge in [0.2, 0.25) is 0 Å². The highest BCUT2D eigenvalue weighted by Crippen LogP contribution is 2.16. The Morgan fingerprint density at radius 3 is 1.01 bits per heavy atom. The van der Waals surface area contributed by atoms with E-state index in [2.05, 4.69) is 51.2 Å². The molecule has 0 aliphatic carbocycles. The van der Waals surface area contributed by atoms with E-state index < -0.39 is 6.10 Å². The van der Waals surface area contributed by atoms with E-state index in [4.69, 9.17) is 14.2 Å². The summed E-state index contributed by atoms with van der Waals surface area (Å²) in [4.78, 5) is 38.1. The molecule has 0 amide bonds. The van der Waals surface area contributed by atoms with Crippen LogP contribution in [-0.2, 0) is 28.6 Å². The third-order valence-electron chi connectivity index (χ3n) is 11.4. The van der Waals surface area contributed by atoms with Crippen LogP contribution in [0, 0.1) is 0 Å². The molecule has 384 valence electrons. The van der Waals surface area contributed by atoms with Crippen molar-refractivity contribution >= 4 is 17.9 Å². The molecule has 0 radical (unpaired) electrons. The van der Waals surface area contributed by atoms with Gasteiger partial charge in [-0.2, -0.15) is 0 Å². The number of allylic oxidation sites excluding steroid dienone is 20. The lowest BCUT2D eigenvalue weighted by molar-refractivity contribution is -0.167. The first-order valence-electron chi connectivity index (χ1n) is 27.7. The third-order valence-corrected chi connectivity index (χ3v) is 11.4. The average molecular weight is 941 g/mol. The smallest absolute Gasteiger partial charge is 0.306 e. The van der Waals surface area contributed by atoms with Crippen LogP contribution in [0.25, 0.3) is 0 Å². The lowest BCUT2D eigenvalue weighted by Gasteiger charge is -2.18. The SMILES string of the molecule is CC/C=C/C=C/C=C/C=C/C=C/CCCC(=O)OCC(COC(=O)CCCCCCCCCCCCCCCCCCCCC)OC(=O)CCCCCCC/C=C/C=C/C=C/C=C/C=C/CCC. The van der Waals surface area contributed by atoms with Crippen molar-refractivity contribution in [1.82, 2.24) is 0 Å². The second-order valence-electron chi connectivity index (χ2n) is 18.0. The maximum atomic E-state index is 12.8. The largest absolute Gasteiger partial charge is 0.462 e. The summed E-state index contributed by atoms with van der Waals surface area (Å²) in [6.45, 7) is 6.32. The van der Waals surface area contributed by atoms with Gasteiger partial charge < -0.3 is 14.2 Å². The number of ether oxygens (including phenoxy) is 3. The molecular weight excluding hydrogens is 841 g/mol. The van der Waals surface area contributed by atoms with Gasteiger partial charge in [0.05, 0.1) is 0 Å². The van der Waals surface area contributed by atoms with Crippen molar-refractivity contribution in [3.8, 4) is 0 Å². The minimum atomic E-state index is -0.823. The lowest BCUT2D eigenvalue weighted by Crippen LogP contribution is -2.30. The molecule has 0 spiro atoms. The highest BCUT2D eigenvalue weighted by atomic mass is 16.6. The van der Waals surface area contributed by atoms with Crippen LogP contribution >= 0.6 is 0 Å². The first kappa shape index (κ1) is 63.8. The molecule has 1 unspecified atom stereocenters. The van der Waals surface area contributed by atoms with Crippen molar-refractivity contribution < 1.29 is 28.6 Å². The predicted octanol–water partition coefficient (Wildman–Crippen LogP) is 18.5. The molecule has 0 aliphatic heterocycles. The van der Waals surface area contributed by atoms with E-state index in [9.17, 15) is 14.4 Å². The van der Waals surface area contributed by atoms with E-state index in [1.807, 2.05) is 91.1 Å². The van der Waals surface area contributed by atoms with Crippen LogP contribution in [0.5, 0.6) is 0 Å². The van der Waals surface area contributed by atoms with Crippen LogP contribution in [-0.4, -0.2) is 37.2 Å². The van der Waals surface area contributed by atoms with Gasteiger partial charge in [-0.25, -0.2) is 0 Å². The quantitative estimate of drug-likeness (QED) is 0.0262. The van der Waals surface area contributed by atoms with Gasteiger partial charge in [0, 0.05) is 19.3 Å². The van der Waals surface area contributed by atoms with Gasteiger partial charge in [-0.05, 0) is 51.4 Å². The molecule has 6 heteroatoms. The summed E-state index contributed by atoms with van der Waals surface area (Å²) in [6, 6.07) is 0. The molecule has 0 N–H and O–H groups in total. The number of hydrogen-bond acceptors (Lipinski definition) is 6. The number of rotatable bonds is 48. The maximum absolute atomic E-state index is 12.8. The molecule has 0 aromatic carbocycles. The van der Waals surface area contributed by atoms with Gasteiger partial charge in [0.1, 0.15) is 13.2 Å². The number of carbonyl (C=O) groups is 3. The Morgan fingerprint density at radius 2 is 0.618 bits per heavy atom. The van der Waals surface area contributed by atoms with Crippen molar-refractivity contribution in [2.75, 3.05) is 13.2 Å². The van der Waals surface area contributed by atoms with Crippen molar-refractivity contribution in [2.45, 2.75) is 239 Å². The summed E-state index contributed by atoms with van der Waals surface area (Å²) in [7, 11) is 0. The molecule has 0 saturated carbocycles. The zero-order chi connectivity index (χ0) is 49.3. The number of carbonyl (C=O) groups excluding carboxylic acids is 3. The molecule has 0 fully saturated rings. The standard InChI is InChI=1S/C62H100O6/c1-4-7-10-13-16-19-22-25-27-29-31-33-34-37-40-43-46-49-52-55-61(64)67-58-59(57-66-60(63)54-51-48-45-42-39-36-24-21-18-15-12-9-6-3)68-62(65)56-53-50-47-44-41-38-35-32-30-28-26-23-20-17-14-11-8-5-2/h9,11-12,14-15,17-18,20-21,23-24,26,28,30,32,35-36,39,42,45,59H,4-8,10,13,16,19,22,25,27,29,31,33-34,37-38,40-41,43-44,46-58H2,1-3H3/b12-9+,14-11+,18-15+,20-17+,24-21+,26-23+,30-28+,35-32+,39-36+,45-42+. The number of hydrogen-bond donors (Lipinski definition) is 0. The Bertz CT molecular complexity index is 1450. The van der Waals surface area contributed by atoms with Gasteiger partial charge in [0.25, 0.3) is 0 Å². The van der Waals surface area contributed by atoms with E-state index in [1.54, 1.807) is 0 Å². The summed E-state index contributed by atoms with van der Waals surface area (Å²) in [5.74, 6) is -1.02. The van der Waals surface area contributed by atoms with Gasteiger partial charge in [-0.3, -0.25) is 14.4 Å². The molecule has 0 aromatic heterocycles. The summed E-state index contributed by atoms with van der Waals surface area (Å²) < 4.78 is 16.8. The molecule has 0 rings (SSSR count). The summed E-state index contributed by atoms with van der Waals surface area (Å²) in [5.41, 5.74) is 0. The normalized spacial score (nSPS) is 13.0. The summed E-state index contributed by atoms with van der Waals surface area (Å²) >= 11 is 0. The number of unbranched alkanes of at least 4 members (excludes halogenated alkanes) is 25. The molecule has 0 heterocycles. The monoisotopic (exact) mass is 941 g/mol. The topological polar surface area (TPSA) is 78.9 Å². The predicted molar refractivity (Wildman–Crippen MR) is 293 cm³/mol. The first-order chi connectivity index (χ1) is 33.5. The van der Waals surface area contributed by atoms with Crippen LogP contribution < -0.4 is 0 Å². The van der Waals surface area contributed by atoms with Crippen LogP contribution in [0.15, 0.2) is 122 Å². The highest BCUT2D eigenvalue weighted by molar-refractivity contribution is 5.71. The van der Waals surface area contributed by atoms with Crippen molar-refractivity contribution in [3.05, 3.63) is 122 Å². The first-order valence-corrected chi connectivity index (χ1v) is 27.7. The van der Waals surface area contributed by atoms with Crippen LogP contribution in [0.4, 0.5) is 0 Å². The minimum Gasteiger partial charge on any atom is -0.462 e.